The summed E-state index contributed by atoms with van der Waals surface area (Å²) in [5.41, 5.74) is 1.59. The van der Waals surface area contributed by atoms with Gasteiger partial charge in [0.15, 0.2) is 0 Å². The summed E-state index contributed by atoms with van der Waals surface area (Å²) in [6.45, 7) is 4.33. The van der Waals surface area contributed by atoms with Crippen molar-refractivity contribution in [3.05, 3.63) is 28.8 Å². The standard InChI is InChI=1S/C13H17ClN2/c1-4-5-10(2)16(3)13-7-6-12(14)8-11(13)9-15/h6-8,10H,4-5H2,1-3H3. The topological polar surface area (TPSA) is 27.0 Å². The van der Waals surface area contributed by atoms with Gasteiger partial charge in [-0.1, -0.05) is 24.9 Å². The van der Waals surface area contributed by atoms with Crippen LogP contribution in [0.15, 0.2) is 18.2 Å². The quantitative estimate of drug-likeness (QED) is 0.794. The summed E-state index contributed by atoms with van der Waals surface area (Å²) in [5, 5.41) is 9.68. The van der Waals surface area contributed by atoms with E-state index in [0.717, 1.165) is 18.5 Å². The number of anilines is 1. The van der Waals surface area contributed by atoms with E-state index in [2.05, 4.69) is 24.8 Å². The molecule has 0 aliphatic carbocycles. The number of nitriles is 1. The molecule has 0 saturated heterocycles. The van der Waals surface area contributed by atoms with Crippen LogP contribution in [-0.2, 0) is 0 Å². The van der Waals surface area contributed by atoms with Crippen LogP contribution in [0, 0.1) is 11.3 Å². The first-order valence-corrected chi connectivity index (χ1v) is 5.90. The highest BCUT2D eigenvalue weighted by Gasteiger charge is 2.13. The maximum Gasteiger partial charge on any atom is 0.101 e. The van der Waals surface area contributed by atoms with E-state index < -0.39 is 0 Å². The van der Waals surface area contributed by atoms with Gasteiger partial charge in [0.25, 0.3) is 0 Å². The van der Waals surface area contributed by atoms with Crippen LogP contribution in [0.25, 0.3) is 0 Å². The number of halogens is 1. The molecule has 0 aromatic heterocycles. The monoisotopic (exact) mass is 236 g/mol. The molecule has 1 aromatic rings. The molecule has 16 heavy (non-hydrogen) atoms. The lowest BCUT2D eigenvalue weighted by Gasteiger charge is -2.27. The second kappa shape index (κ2) is 5.77. The van der Waals surface area contributed by atoms with Gasteiger partial charge < -0.3 is 4.90 Å². The van der Waals surface area contributed by atoms with Gasteiger partial charge in [-0.2, -0.15) is 5.26 Å². The zero-order chi connectivity index (χ0) is 12.1. The van der Waals surface area contributed by atoms with Gasteiger partial charge in [0.1, 0.15) is 6.07 Å². The van der Waals surface area contributed by atoms with Crippen molar-refractivity contribution < 1.29 is 0 Å². The molecule has 0 amide bonds. The molecule has 0 bridgehead atoms. The van der Waals surface area contributed by atoms with Gasteiger partial charge in [0.2, 0.25) is 0 Å². The number of hydrogen-bond acceptors (Lipinski definition) is 2. The lowest BCUT2D eigenvalue weighted by molar-refractivity contribution is 0.616. The lowest BCUT2D eigenvalue weighted by atomic mass is 10.1. The molecular weight excluding hydrogens is 220 g/mol. The molecule has 2 nitrogen and oxygen atoms in total. The van der Waals surface area contributed by atoms with Crippen molar-refractivity contribution in [3.8, 4) is 6.07 Å². The Morgan fingerprint density at radius 2 is 2.19 bits per heavy atom. The molecule has 0 aliphatic heterocycles. The zero-order valence-electron chi connectivity index (χ0n) is 10.00. The molecule has 0 aliphatic rings. The molecular formula is C13H17ClN2. The van der Waals surface area contributed by atoms with Crippen LogP contribution in [0.2, 0.25) is 5.02 Å². The SMILES string of the molecule is CCCC(C)N(C)c1ccc(Cl)cc1C#N. The second-order valence-corrected chi connectivity index (χ2v) is 4.46. The zero-order valence-corrected chi connectivity index (χ0v) is 10.8. The molecule has 0 spiro atoms. The molecule has 0 saturated carbocycles. The van der Waals surface area contributed by atoms with Gasteiger partial charge in [-0.05, 0) is 31.5 Å². The Kier molecular flexibility index (Phi) is 4.64. The van der Waals surface area contributed by atoms with Gasteiger partial charge in [-0.25, -0.2) is 0 Å². The Bertz CT molecular complexity index is 395. The first-order valence-electron chi connectivity index (χ1n) is 5.52. The molecule has 0 N–H and O–H groups in total. The largest absolute Gasteiger partial charge is 0.371 e. The van der Waals surface area contributed by atoms with Gasteiger partial charge in [0.05, 0.1) is 11.3 Å². The Morgan fingerprint density at radius 1 is 1.50 bits per heavy atom. The molecule has 0 fully saturated rings. The third kappa shape index (κ3) is 2.90. The van der Waals surface area contributed by atoms with E-state index in [9.17, 15) is 0 Å². The van der Waals surface area contributed by atoms with Crippen molar-refractivity contribution in [2.75, 3.05) is 11.9 Å². The Labute approximate surface area is 102 Å². The summed E-state index contributed by atoms with van der Waals surface area (Å²) in [4.78, 5) is 2.14. The normalized spacial score (nSPS) is 11.9. The molecule has 1 aromatic carbocycles. The number of hydrogen-bond donors (Lipinski definition) is 0. The predicted molar refractivity (Wildman–Crippen MR) is 68.9 cm³/mol. The maximum absolute atomic E-state index is 9.07. The summed E-state index contributed by atoms with van der Waals surface area (Å²) >= 11 is 5.87. The van der Waals surface area contributed by atoms with Crippen molar-refractivity contribution in [2.24, 2.45) is 0 Å². The summed E-state index contributed by atoms with van der Waals surface area (Å²) in [6, 6.07) is 8.07. The van der Waals surface area contributed by atoms with Crippen LogP contribution in [0.3, 0.4) is 0 Å². The first-order chi connectivity index (χ1) is 7.60. The summed E-state index contributed by atoms with van der Waals surface area (Å²) in [7, 11) is 2.02. The molecule has 86 valence electrons. The van der Waals surface area contributed by atoms with Crippen LogP contribution >= 0.6 is 11.6 Å². The van der Waals surface area contributed by atoms with Crippen LogP contribution < -0.4 is 4.90 Å². The van der Waals surface area contributed by atoms with E-state index in [1.807, 2.05) is 19.2 Å². The van der Waals surface area contributed by atoms with Crippen LogP contribution in [0.4, 0.5) is 5.69 Å². The van der Waals surface area contributed by atoms with Gasteiger partial charge in [-0.15, -0.1) is 0 Å². The minimum absolute atomic E-state index is 0.429. The fraction of sp³-hybridized carbons (Fsp3) is 0.462. The molecule has 1 atom stereocenters. The van der Waals surface area contributed by atoms with Gasteiger partial charge in [0, 0.05) is 18.1 Å². The molecule has 3 heteroatoms. The Morgan fingerprint density at radius 3 is 2.75 bits per heavy atom. The molecule has 1 unspecified atom stereocenters. The van der Waals surface area contributed by atoms with Crippen LogP contribution in [0.1, 0.15) is 32.3 Å². The van der Waals surface area contributed by atoms with E-state index in [4.69, 9.17) is 16.9 Å². The Hall–Kier alpha value is -1.20. The lowest BCUT2D eigenvalue weighted by Crippen LogP contribution is -2.29. The summed E-state index contributed by atoms with van der Waals surface area (Å²) in [6.07, 6.45) is 2.25. The van der Waals surface area contributed by atoms with E-state index in [0.29, 0.717) is 16.6 Å². The average molecular weight is 237 g/mol. The fourth-order valence-corrected chi connectivity index (χ4v) is 1.93. The highest BCUT2D eigenvalue weighted by Crippen LogP contribution is 2.25. The van der Waals surface area contributed by atoms with E-state index in [1.54, 1.807) is 6.07 Å². The first kappa shape index (κ1) is 12.9. The van der Waals surface area contributed by atoms with Crippen molar-refractivity contribution >= 4 is 17.3 Å². The van der Waals surface area contributed by atoms with Crippen molar-refractivity contribution in [1.82, 2.24) is 0 Å². The molecule has 0 radical (unpaired) electrons. The van der Waals surface area contributed by atoms with Crippen LogP contribution in [0.5, 0.6) is 0 Å². The molecule has 0 heterocycles. The van der Waals surface area contributed by atoms with E-state index in [-0.39, 0.29) is 0 Å². The van der Waals surface area contributed by atoms with Crippen molar-refractivity contribution in [1.29, 1.82) is 5.26 Å². The maximum atomic E-state index is 9.07. The number of nitrogens with zero attached hydrogens (tertiary/aromatic N) is 2. The third-order valence-corrected chi connectivity index (χ3v) is 3.06. The minimum atomic E-state index is 0.429. The second-order valence-electron chi connectivity index (χ2n) is 4.02. The van der Waals surface area contributed by atoms with Gasteiger partial charge in [-0.3, -0.25) is 0 Å². The van der Waals surface area contributed by atoms with Crippen LogP contribution in [-0.4, -0.2) is 13.1 Å². The van der Waals surface area contributed by atoms with Gasteiger partial charge >= 0.3 is 0 Å². The molecule has 1 rings (SSSR count). The summed E-state index contributed by atoms with van der Waals surface area (Å²) < 4.78 is 0. The fourth-order valence-electron chi connectivity index (χ4n) is 1.75. The van der Waals surface area contributed by atoms with Crippen molar-refractivity contribution in [3.63, 3.8) is 0 Å². The number of rotatable bonds is 4. The smallest absolute Gasteiger partial charge is 0.101 e. The summed E-state index contributed by atoms with van der Waals surface area (Å²) in [5.74, 6) is 0. The average Bonchev–Trinajstić information content (AvgIpc) is 2.28. The van der Waals surface area contributed by atoms with E-state index >= 15 is 0 Å². The number of benzene rings is 1. The Balaban J connectivity index is 2.99. The predicted octanol–water partition coefficient (Wildman–Crippen LogP) is 3.84. The minimum Gasteiger partial charge on any atom is -0.371 e. The highest BCUT2D eigenvalue weighted by molar-refractivity contribution is 6.30. The highest BCUT2D eigenvalue weighted by atomic mass is 35.5. The van der Waals surface area contributed by atoms with Crippen molar-refractivity contribution in [2.45, 2.75) is 32.7 Å². The van der Waals surface area contributed by atoms with E-state index in [1.165, 1.54) is 0 Å². The third-order valence-electron chi connectivity index (χ3n) is 2.83.